The summed E-state index contributed by atoms with van der Waals surface area (Å²) in [7, 11) is 0. The van der Waals surface area contributed by atoms with Gasteiger partial charge in [0.2, 0.25) is 0 Å². The Morgan fingerprint density at radius 3 is 2.59 bits per heavy atom. The van der Waals surface area contributed by atoms with Crippen LogP contribution in [0, 0.1) is 17.1 Å². The van der Waals surface area contributed by atoms with Crippen molar-refractivity contribution in [3.05, 3.63) is 47.5 Å². The molecule has 5 rings (SSSR count). The average molecular weight is 564 g/mol. The molecule has 13 heteroatoms. The second kappa shape index (κ2) is 10.7. The molecule has 3 heterocycles. The first kappa shape index (κ1) is 27.2. The van der Waals surface area contributed by atoms with Crippen molar-refractivity contribution in [2.75, 3.05) is 49.3 Å². The number of carbonyl (C=O) groups excluding carboxylic acids is 1. The van der Waals surface area contributed by atoms with Crippen LogP contribution in [0.5, 0.6) is 5.75 Å². The van der Waals surface area contributed by atoms with Gasteiger partial charge in [-0.15, -0.1) is 0 Å². The SMILES string of the molecule is N#Cc1nccc(N2C(=O)C3(CCC3)N(c3ccc(F)c(OCCCN4CCOCC4)c3)C2=S)c1C(F)(F)F. The standard InChI is InChI=1S/C26H25F4N5O3S/c27-18-4-3-17(15-21(18)38-12-2-9-33-10-13-37-14-11-33)35-24(39)34(23(36)25(35)6-1-7-25)20-5-8-32-19(16-31)22(20)26(28,29)30/h3-5,8,15H,1-2,6-7,9-14H2. The van der Waals surface area contributed by atoms with E-state index in [9.17, 15) is 27.6 Å². The van der Waals surface area contributed by atoms with Crippen molar-refractivity contribution >= 4 is 34.6 Å². The highest BCUT2D eigenvalue weighted by Crippen LogP contribution is 2.50. The van der Waals surface area contributed by atoms with E-state index in [4.69, 9.17) is 21.7 Å². The van der Waals surface area contributed by atoms with Crippen LogP contribution in [0.4, 0.5) is 28.9 Å². The molecule has 1 spiro atoms. The van der Waals surface area contributed by atoms with Crippen LogP contribution in [-0.2, 0) is 15.7 Å². The number of nitriles is 1. The number of halogens is 4. The second-order valence-corrected chi connectivity index (χ2v) is 9.94. The monoisotopic (exact) mass is 563 g/mol. The Morgan fingerprint density at radius 2 is 1.95 bits per heavy atom. The van der Waals surface area contributed by atoms with Gasteiger partial charge >= 0.3 is 6.18 Å². The van der Waals surface area contributed by atoms with Gasteiger partial charge in [0.15, 0.2) is 22.4 Å². The molecule has 3 aliphatic rings. The number of rotatable bonds is 7. The number of carbonyl (C=O) groups is 1. The zero-order valence-electron chi connectivity index (χ0n) is 20.8. The normalized spacial score (nSPS) is 19.4. The number of thiocarbonyl (C=S) groups is 1. The van der Waals surface area contributed by atoms with E-state index in [-0.39, 0.29) is 17.5 Å². The molecule has 3 fully saturated rings. The molecular weight excluding hydrogens is 538 g/mol. The van der Waals surface area contributed by atoms with E-state index >= 15 is 0 Å². The number of pyridine rings is 1. The molecule has 206 valence electrons. The van der Waals surface area contributed by atoms with Crippen molar-refractivity contribution < 1.29 is 31.8 Å². The van der Waals surface area contributed by atoms with Gasteiger partial charge in [-0.05, 0) is 56.1 Å². The zero-order chi connectivity index (χ0) is 27.8. The van der Waals surface area contributed by atoms with Gasteiger partial charge in [0, 0.05) is 37.6 Å². The third-order valence-corrected chi connectivity index (χ3v) is 7.67. The molecule has 8 nitrogen and oxygen atoms in total. The van der Waals surface area contributed by atoms with Gasteiger partial charge in [-0.2, -0.15) is 18.4 Å². The number of nitrogens with zero attached hydrogens (tertiary/aromatic N) is 5. The Morgan fingerprint density at radius 1 is 1.21 bits per heavy atom. The average Bonchev–Trinajstić information content (AvgIpc) is 3.13. The first-order valence-corrected chi connectivity index (χ1v) is 13.0. The minimum Gasteiger partial charge on any atom is -0.490 e. The minimum atomic E-state index is -4.96. The summed E-state index contributed by atoms with van der Waals surface area (Å²) in [5.41, 5.74) is -3.61. The zero-order valence-corrected chi connectivity index (χ0v) is 21.7. The fourth-order valence-electron chi connectivity index (χ4n) is 5.23. The number of amides is 1. The topological polar surface area (TPSA) is 81.9 Å². The van der Waals surface area contributed by atoms with Crippen LogP contribution in [0.1, 0.15) is 36.9 Å². The van der Waals surface area contributed by atoms with E-state index in [0.717, 1.165) is 36.8 Å². The number of anilines is 2. The summed E-state index contributed by atoms with van der Waals surface area (Å²) in [5.74, 6) is -1.27. The Labute approximate surface area is 227 Å². The molecule has 0 radical (unpaired) electrons. The van der Waals surface area contributed by atoms with Crippen LogP contribution in [0.15, 0.2) is 30.5 Å². The van der Waals surface area contributed by atoms with Crippen LogP contribution < -0.4 is 14.5 Å². The number of hydrogen-bond donors (Lipinski definition) is 0. The molecule has 2 aromatic rings. The van der Waals surface area contributed by atoms with Gasteiger partial charge in [0.05, 0.1) is 25.5 Å². The molecule has 2 saturated heterocycles. The maximum Gasteiger partial charge on any atom is 0.421 e. The van der Waals surface area contributed by atoms with E-state index in [1.54, 1.807) is 0 Å². The largest absolute Gasteiger partial charge is 0.490 e. The van der Waals surface area contributed by atoms with Crippen molar-refractivity contribution in [3.63, 3.8) is 0 Å². The maximum atomic E-state index is 14.7. The molecule has 39 heavy (non-hydrogen) atoms. The van der Waals surface area contributed by atoms with Gasteiger partial charge in [0.25, 0.3) is 5.91 Å². The summed E-state index contributed by atoms with van der Waals surface area (Å²) >= 11 is 5.58. The fraction of sp³-hybridized carbons (Fsp3) is 0.462. The number of ether oxygens (including phenoxy) is 2. The van der Waals surface area contributed by atoms with Crippen LogP contribution in [-0.4, -0.2) is 65.9 Å². The molecule has 1 saturated carbocycles. The Hall–Kier alpha value is -3.34. The van der Waals surface area contributed by atoms with Crippen molar-refractivity contribution in [2.45, 2.75) is 37.4 Å². The highest BCUT2D eigenvalue weighted by Gasteiger charge is 2.60. The van der Waals surface area contributed by atoms with E-state index in [0.29, 0.717) is 44.6 Å². The lowest BCUT2D eigenvalue weighted by Gasteiger charge is -2.43. The Kier molecular flexibility index (Phi) is 7.45. The number of hydrogen-bond acceptors (Lipinski definition) is 7. The van der Waals surface area contributed by atoms with E-state index in [2.05, 4.69) is 9.88 Å². The van der Waals surface area contributed by atoms with Gasteiger partial charge in [-0.1, -0.05) is 0 Å². The van der Waals surface area contributed by atoms with Gasteiger partial charge in [-0.3, -0.25) is 14.6 Å². The Balaban J connectivity index is 1.43. The van der Waals surface area contributed by atoms with Crippen LogP contribution >= 0.6 is 12.2 Å². The lowest BCUT2D eigenvalue weighted by atomic mass is 9.75. The number of aromatic nitrogens is 1. The van der Waals surface area contributed by atoms with E-state index in [1.807, 2.05) is 0 Å². The van der Waals surface area contributed by atoms with E-state index in [1.165, 1.54) is 29.2 Å². The highest BCUT2D eigenvalue weighted by atomic mass is 32.1. The molecule has 1 aromatic heterocycles. The molecule has 2 aliphatic heterocycles. The van der Waals surface area contributed by atoms with Crippen molar-refractivity contribution in [2.24, 2.45) is 0 Å². The van der Waals surface area contributed by atoms with Crippen molar-refractivity contribution in [1.82, 2.24) is 9.88 Å². The van der Waals surface area contributed by atoms with Gasteiger partial charge < -0.3 is 14.4 Å². The predicted octanol–water partition coefficient (Wildman–Crippen LogP) is 4.27. The molecule has 1 aromatic carbocycles. The number of benzene rings is 1. The molecule has 1 amide bonds. The summed E-state index contributed by atoms with van der Waals surface area (Å²) in [6, 6.07) is 6.52. The summed E-state index contributed by atoms with van der Waals surface area (Å²) in [5, 5.41) is 9.08. The minimum absolute atomic E-state index is 0.0377. The first-order chi connectivity index (χ1) is 18.7. The fourth-order valence-corrected chi connectivity index (χ4v) is 5.69. The summed E-state index contributed by atoms with van der Waals surface area (Å²) < 4.78 is 67.8. The molecule has 1 aliphatic carbocycles. The first-order valence-electron chi connectivity index (χ1n) is 12.5. The van der Waals surface area contributed by atoms with Gasteiger partial charge in [0.1, 0.15) is 17.2 Å². The third kappa shape index (κ3) is 4.92. The molecule has 0 N–H and O–H groups in total. The molecular formula is C26H25F4N5O3S. The van der Waals surface area contributed by atoms with Crippen LogP contribution in [0.2, 0.25) is 0 Å². The summed E-state index contributed by atoms with van der Waals surface area (Å²) in [6.07, 6.45) is -1.89. The Bertz CT molecular complexity index is 1320. The van der Waals surface area contributed by atoms with Gasteiger partial charge in [-0.25, -0.2) is 9.37 Å². The lowest BCUT2D eigenvalue weighted by Crippen LogP contribution is -2.55. The molecule has 0 unspecified atom stereocenters. The van der Waals surface area contributed by atoms with Crippen LogP contribution in [0.25, 0.3) is 0 Å². The summed E-state index contributed by atoms with van der Waals surface area (Å²) in [6.45, 7) is 4.02. The smallest absolute Gasteiger partial charge is 0.421 e. The maximum absolute atomic E-state index is 14.7. The molecule has 0 atom stereocenters. The van der Waals surface area contributed by atoms with Crippen molar-refractivity contribution in [1.29, 1.82) is 5.26 Å². The summed E-state index contributed by atoms with van der Waals surface area (Å²) in [4.78, 5) is 21.8. The number of morpholine rings is 1. The lowest BCUT2D eigenvalue weighted by molar-refractivity contribution is -0.137. The highest BCUT2D eigenvalue weighted by molar-refractivity contribution is 7.81. The predicted molar refractivity (Wildman–Crippen MR) is 137 cm³/mol. The second-order valence-electron chi connectivity index (χ2n) is 9.58. The quantitative estimate of drug-likeness (QED) is 0.281. The third-order valence-electron chi connectivity index (χ3n) is 7.30. The number of alkyl halides is 3. The van der Waals surface area contributed by atoms with Crippen LogP contribution in [0.3, 0.4) is 0 Å². The molecule has 0 bridgehead atoms. The van der Waals surface area contributed by atoms with E-state index < -0.39 is 40.4 Å². The van der Waals surface area contributed by atoms with Crippen molar-refractivity contribution in [3.8, 4) is 11.8 Å².